The molecule has 100 valence electrons. The molecule has 0 unspecified atom stereocenters. The number of anilines is 1. The van der Waals surface area contributed by atoms with Gasteiger partial charge in [-0.1, -0.05) is 0 Å². The normalized spacial score (nSPS) is 32.4. The van der Waals surface area contributed by atoms with Crippen LogP contribution in [0.4, 0.5) is 10.2 Å². The first-order valence-electron chi connectivity index (χ1n) is 5.11. The van der Waals surface area contributed by atoms with Gasteiger partial charge < -0.3 is 25.8 Å². The summed E-state index contributed by atoms with van der Waals surface area (Å²) in [5.74, 6) is -1.52. The molecule has 2 rings (SSSR count). The van der Waals surface area contributed by atoms with Gasteiger partial charge in [-0.05, 0) is 0 Å². The molecule has 0 radical (unpaired) electrons. The molecule has 1 fully saturated rings. The van der Waals surface area contributed by atoms with Gasteiger partial charge in [-0.25, -0.2) is 9.18 Å². The number of hydrogen-bond donors (Lipinski definition) is 4. The quantitative estimate of drug-likeness (QED) is 0.442. The summed E-state index contributed by atoms with van der Waals surface area (Å²) < 4.78 is 18.9. The number of nitrogens with zero attached hydrogens (tertiary/aromatic N) is 2. The van der Waals surface area contributed by atoms with Gasteiger partial charge in [-0.15, -0.1) is 0 Å². The number of hydrogen-bond acceptors (Lipinski definition) is 7. The van der Waals surface area contributed by atoms with Gasteiger partial charge in [-0.3, -0.25) is 4.57 Å². The lowest BCUT2D eigenvalue weighted by Crippen LogP contribution is -2.52. The maximum absolute atomic E-state index is 13.2. The van der Waals surface area contributed by atoms with Crippen LogP contribution in [0.2, 0.25) is 0 Å². The van der Waals surface area contributed by atoms with Crippen molar-refractivity contribution in [2.75, 3.05) is 12.3 Å². The fourth-order valence-corrected chi connectivity index (χ4v) is 1.68. The largest absolute Gasteiger partial charge is 0.388 e. The van der Waals surface area contributed by atoms with Crippen LogP contribution in [0.1, 0.15) is 6.23 Å². The van der Waals surface area contributed by atoms with Gasteiger partial charge in [0.15, 0.2) is 17.9 Å². The molecule has 0 aliphatic carbocycles. The highest BCUT2D eigenvalue weighted by molar-refractivity contribution is 5.26. The van der Waals surface area contributed by atoms with Crippen LogP contribution >= 0.6 is 0 Å². The van der Waals surface area contributed by atoms with Crippen molar-refractivity contribution in [2.45, 2.75) is 24.5 Å². The van der Waals surface area contributed by atoms with Crippen LogP contribution in [0.25, 0.3) is 0 Å². The molecule has 18 heavy (non-hydrogen) atoms. The van der Waals surface area contributed by atoms with Gasteiger partial charge in [0.2, 0.25) is 0 Å². The zero-order valence-electron chi connectivity index (χ0n) is 9.10. The minimum Gasteiger partial charge on any atom is -0.388 e. The highest BCUT2D eigenvalue weighted by Crippen LogP contribution is 2.23. The molecule has 0 saturated carbocycles. The number of ether oxygens (including phenoxy) is 1. The van der Waals surface area contributed by atoms with E-state index in [0.717, 1.165) is 6.20 Å². The number of aliphatic hydroxyl groups is 3. The molecule has 1 saturated heterocycles. The molecule has 0 aromatic carbocycles. The fourth-order valence-electron chi connectivity index (χ4n) is 1.68. The Morgan fingerprint density at radius 3 is 2.78 bits per heavy atom. The summed E-state index contributed by atoms with van der Waals surface area (Å²) in [5.41, 5.74) is 4.18. The number of aromatic nitrogens is 2. The molecule has 1 aliphatic heterocycles. The lowest BCUT2D eigenvalue weighted by Gasteiger charge is -2.35. The second kappa shape index (κ2) is 4.61. The molecular weight excluding hydrogens is 249 g/mol. The molecule has 9 heteroatoms. The van der Waals surface area contributed by atoms with Gasteiger partial charge in [0.1, 0.15) is 18.3 Å². The van der Waals surface area contributed by atoms with Crippen LogP contribution in [0.3, 0.4) is 0 Å². The van der Waals surface area contributed by atoms with Gasteiger partial charge in [0.25, 0.3) is 0 Å². The molecule has 4 atom stereocenters. The van der Waals surface area contributed by atoms with E-state index in [1.54, 1.807) is 0 Å². The van der Waals surface area contributed by atoms with Crippen LogP contribution in [0, 0.1) is 5.82 Å². The average Bonchev–Trinajstić information content (AvgIpc) is 2.32. The molecule has 1 aromatic heterocycles. The van der Waals surface area contributed by atoms with Crippen LogP contribution in [-0.4, -0.2) is 49.8 Å². The van der Waals surface area contributed by atoms with E-state index in [-0.39, 0.29) is 6.61 Å². The first-order chi connectivity index (χ1) is 8.41. The SMILES string of the molecule is Nc1nc(=O)n([C@H]2OC[C@@H](O)[C@H](O)[C@@H]2O)cc1F. The monoisotopic (exact) mass is 261 g/mol. The Balaban J connectivity index is 2.37. The number of nitrogen functional groups attached to an aromatic ring is 1. The van der Waals surface area contributed by atoms with E-state index in [1.165, 1.54) is 0 Å². The number of rotatable bonds is 1. The number of nitrogens with two attached hydrogens (primary N) is 1. The summed E-state index contributed by atoms with van der Waals surface area (Å²) in [5, 5.41) is 28.4. The predicted octanol–water partition coefficient (Wildman–Crippen LogP) is -2.42. The fraction of sp³-hybridized carbons (Fsp3) is 0.556. The Morgan fingerprint density at radius 2 is 2.11 bits per heavy atom. The molecule has 2 heterocycles. The lowest BCUT2D eigenvalue weighted by molar-refractivity contribution is -0.212. The zero-order chi connectivity index (χ0) is 13.4. The van der Waals surface area contributed by atoms with E-state index in [9.17, 15) is 24.5 Å². The van der Waals surface area contributed by atoms with E-state index < -0.39 is 41.9 Å². The smallest absolute Gasteiger partial charge is 0.351 e. The van der Waals surface area contributed by atoms with Gasteiger partial charge in [0, 0.05) is 0 Å². The maximum Gasteiger partial charge on any atom is 0.351 e. The molecule has 0 bridgehead atoms. The summed E-state index contributed by atoms with van der Waals surface area (Å²) in [6, 6.07) is 0. The minimum atomic E-state index is -1.59. The van der Waals surface area contributed by atoms with Crippen molar-refractivity contribution in [3.05, 3.63) is 22.5 Å². The molecule has 1 aliphatic rings. The first-order valence-corrected chi connectivity index (χ1v) is 5.11. The Labute approximate surface area is 100 Å². The number of aliphatic hydroxyl groups excluding tert-OH is 3. The van der Waals surface area contributed by atoms with Crippen LogP contribution in [0.5, 0.6) is 0 Å². The van der Waals surface area contributed by atoms with E-state index in [1.807, 2.05) is 0 Å². The Kier molecular flexibility index (Phi) is 3.30. The molecule has 8 nitrogen and oxygen atoms in total. The molecule has 0 spiro atoms. The highest BCUT2D eigenvalue weighted by Gasteiger charge is 2.39. The van der Waals surface area contributed by atoms with Crippen molar-refractivity contribution in [3.8, 4) is 0 Å². The molecule has 1 aromatic rings. The Hall–Kier alpha value is -1.55. The first kappa shape index (κ1) is 12.9. The lowest BCUT2D eigenvalue weighted by atomic mass is 10.0. The van der Waals surface area contributed by atoms with Gasteiger partial charge >= 0.3 is 5.69 Å². The summed E-state index contributed by atoms with van der Waals surface area (Å²) in [6.07, 6.45) is -4.98. The van der Waals surface area contributed by atoms with E-state index in [2.05, 4.69) is 4.98 Å². The summed E-state index contributed by atoms with van der Waals surface area (Å²) in [6.45, 7) is -0.304. The predicted molar refractivity (Wildman–Crippen MR) is 55.9 cm³/mol. The van der Waals surface area contributed by atoms with Gasteiger partial charge in [0.05, 0.1) is 12.8 Å². The maximum atomic E-state index is 13.2. The van der Waals surface area contributed by atoms with E-state index in [4.69, 9.17) is 10.5 Å². The topological polar surface area (TPSA) is 131 Å². The van der Waals surface area contributed by atoms with E-state index >= 15 is 0 Å². The highest BCUT2D eigenvalue weighted by atomic mass is 19.1. The summed E-state index contributed by atoms with van der Waals surface area (Å²) in [4.78, 5) is 14.7. The molecular formula is C9H12FN3O5. The van der Waals surface area contributed by atoms with Crippen LogP contribution in [0.15, 0.2) is 11.0 Å². The summed E-state index contributed by atoms with van der Waals surface area (Å²) >= 11 is 0. The van der Waals surface area contributed by atoms with Gasteiger partial charge in [-0.2, -0.15) is 4.98 Å². The standard InChI is InChI=1S/C9H12FN3O5/c10-3-1-13(9(17)12-7(3)11)8-6(16)5(15)4(14)2-18-8/h1,4-6,8,14-16H,2H2,(H2,11,12,17)/t4-,5+,6+,8+/m1/s1. The van der Waals surface area contributed by atoms with E-state index in [0.29, 0.717) is 4.57 Å². The van der Waals surface area contributed by atoms with Crippen molar-refractivity contribution in [1.82, 2.24) is 9.55 Å². The molecule has 5 N–H and O–H groups in total. The van der Waals surface area contributed by atoms with Crippen molar-refractivity contribution >= 4 is 5.82 Å². The minimum absolute atomic E-state index is 0.304. The second-order valence-electron chi connectivity index (χ2n) is 3.94. The molecule has 0 amide bonds. The zero-order valence-corrected chi connectivity index (χ0v) is 9.10. The Bertz CT molecular complexity index is 507. The second-order valence-corrected chi connectivity index (χ2v) is 3.94. The third-order valence-corrected chi connectivity index (χ3v) is 2.68. The van der Waals surface area contributed by atoms with Crippen molar-refractivity contribution in [1.29, 1.82) is 0 Å². The Morgan fingerprint density at radius 1 is 1.44 bits per heavy atom. The van der Waals surface area contributed by atoms with Crippen molar-refractivity contribution in [3.63, 3.8) is 0 Å². The third kappa shape index (κ3) is 2.08. The number of halogens is 1. The summed E-state index contributed by atoms with van der Waals surface area (Å²) in [7, 11) is 0. The average molecular weight is 261 g/mol. The van der Waals surface area contributed by atoms with Crippen molar-refractivity contribution < 1.29 is 24.4 Å². The van der Waals surface area contributed by atoms with Crippen LogP contribution < -0.4 is 11.4 Å². The third-order valence-electron chi connectivity index (χ3n) is 2.68. The van der Waals surface area contributed by atoms with Crippen LogP contribution in [-0.2, 0) is 4.74 Å². The van der Waals surface area contributed by atoms with Crippen molar-refractivity contribution in [2.24, 2.45) is 0 Å².